The number of aryl methyl sites for hydroxylation is 3. The highest BCUT2D eigenvalue weighted by Crippen LogP contribution is 2.28. The van der Waals surface area contributed by atoms with Crippen molar-refractivity contribution in [3.8, 4) is 6.07 Å². The highest BCUT2D eigenvalue weighted by molar-refractivity contribution is 6.07. The molecule has 0 spiro atoms. The maximum atomic E-state index is 12.8. The van der Waals surface area contributed by atoms with E-state index in [2.05, 4.69) is 50.5 Å². The zero-order valence-corrected chi connectivity index (χ0v) is 17.4. The van der Waals surface area contributed by atoms with Crippen LogP contribution in [0.4, 0.5) is 11.4 Å². The first-order chi connectivity index (χ1) is 13.4. The van der Waals surface area contributed by atoms with Gasteiger partial charge in [-0.25, -0.2) is 0 Å². The molecule has 0 aliphatic rings. The van der Waals surface area contributed by atoms with Gasteiger partial charge < -0.3 is 10.6 Å². The third kappa shape index (κ3) is 4.80. The Bertz CT molecular complexity index is 898. The summed E-state index contributed by atoms with van der Waals surface area (Å²) in [5, 5.41) is 15.7. The minimum atomic E-state index is -0.404. The predicted molar refractivity (Wildman–Crippen MR) is 116 cm³/mol. The fourth-order valence-corrected chi connectivity index (χ4v) is 3.24. The summed E-state index contributed by atoms with van der Waals surface area (Å²) in [5.41, 5.74) is 6.17. The molecule has 0 aromatic heterocycles. The van der Waals surface area contributed by atoms with E-state index in [-0.39, 0.29) is 11.5 Å². The van der Waals surface area contributed by atoms with Gasteiger partial charge in [0, 0.05) is 17.6 Å². The minimum absolute atomic E-state index is 0.0471. The molecule has 2 aromatic carbocycles. The molecule has 0 unspecified atom stereocenters. The van der Waals surface area contributed by atoms with Crippen LogP contribution in [0.5, 0.6) is 0 Å². The molecule has 2 aromatic rings. The van der Waals surface area contributed by atoms with Gasteiger partial charge in [0.2, 0.25) is 0 Å². The van der Waals surface area contributed by atoms with E-state index in [1.165, 1.54) is 6.20 Å². The SMILES string of the molecule is CCc1cccc(CC)c1N/C=C(/C#N)C(=O)Nc1c(C)cccc1C(C)C. The van der Waals surface area contributed by atoms with Crippen LogP contribution in [0, 0.1) is 18.3 Å². The third-order valence-electron chi connectivity index (χ3n) is 4.89. The molecular weight excluding hydrogens is 346 g/mol. The molecular formula is C24H29N3O. The Hall–Kier alpha value is -3.06. The number of nitrogens with zero attached hydrogens (tertiary/aromatic N) is 1. The van der Waals surface area contributed by atoms with E-state index < -0.39 is 5.91 Å². The van der Waals surface area contributed by atoms with Crippen molar-refractivity contribution in [2.45, 2.75) is 53.4 Å². The van der Waals surface area contributed by atoms with Crippen LogP contribution < -0.4 is 10.6 Å². The van der Waals surface area contributed by atoms with Crippen LogP contribution >= 0.6 is 0 Å². The van der Waals surface area contributed by atoms with Crippen molar-refractivity contribution in [1.29, 1.82) is 5.26 Å². The maximum Gasteiger partial charge on any atom is 0.267 e. The Morgan fingerprint density at radius 3 is 2.21 bits per heavy atom. The van der Waals surface area contributed by atoms with Crippen LogP contribution in [0.15, 0.2) is 48.2 Å². The van der Waals surface area contributed by atoms with Gasteiger partial charge in [-0.2, -0.15) is 5.26 Å². The molecule has 0 radical (unpaired) electrons. The standard InChI is InChI=1S/C24H29N3O/c1-6-18-11-9-12-19(7-2)23(18)26-15-20(14-25)24(28)27-22-17(5)10-8-13-21(22)16(3)4/h8-13,15-16,26H,6-7H2,1-5H3,(H,27,28)/b20-15-. The van der Waals surface area contributed by atoms with E-state index in [1.54, 1.807) is 0 Å². The first kappa shape index (κ1) is 21.2. The fraction of sp³-hybridized carbons (Fsp3) is 0.333. The van der Waals surface area contributed by atoms with Gasteiger partial charge in [0.15, 0.2) is 0 Å². The van der Waals surface area contributed by atoms with Gasteiger partial charge in [-0.15, -0.1) is 0 Å². The number of para-hydroxylation sites is 2. The van der Waals surface area contributed by atoms with Crippen LogP contribution in [0.3, 0.4) is 0 Å². The molecule has 0 bridgehead atoms. The van der Waals surface area contributed by atoms with Crippen molar-refractivity contribution in [3.63, 3.8) is 0 Å². The molecule has 0 heterocycles. The molecule has 0 atom stereocenters. The van der Waals surface area contributed by atoms with E-state index in [0.29, 0.717) is 0 Å². The Morgan fingerprint density at radius 1 is 1.07 bits per heavy atom. The molecule has 4 nitrogen and oxygen atoms in total. The van der Waals surface area contributed by atoms with Gasteiger partial charge in [0.1, 0.15) is 11.6 Å². The van der Waals surface area contributed by atoms with Crippen LogP contribution in [-0.4, -0.2) is 5.91 Å². The number of amides is 1. The summed E-state index contributed by atoms with van der Waals surface area (Å²) < 4.78 is 0. The number of benzene rings is 2. The van der Waals surface area contributed by atoms with Crippen molar-refractivity contribution < 1.29 is 4.79 Å². The van der Waals surface area contributed by atoms with Crippen molar-refractivity contribution in [2.75, 3.05) is 10.6 Å². The zero-order valence-electron chi connectivity index (χ0n) is 17.4. The van der Waals surface area contributed by atoms with Crippen LogP contribution in [0.25, 0.3) is 0 Å². The minimum Gasteiger partial charge on any atom is -0.360 e. The van der Waals surface area contributed by atoms with E-state index in [1.807, 2.05) is 37.3 Å². The van der Waals surface area contributed by atoms with Crippen LogP contribution in [-0.2, 0) is 17.6 Å². The number of anilines is 2. The van der Waals surface area contributed by atoms with Gasteiger partial charge in [0.25, 0.3) is 5.91 Å². The van der Waals surface area contributed by atoms with Gasteiger partial charge in [0.05, 0.1) is 0 Å². The molecule has 0 saturated heterocycles. The second-order valence-electron chi connectivity index (χ2n) is 7.12. The summed E-state index contributed by atoms with van der Waals surface area (Å²) >= 11 is 0. The molecule has 0 fully saturated rings. The summed E-state index contributed by atoms with van der Waals surface area (Å²) in [6.07, 6.45) is 3.26. The number of hydrogen-bond donors (Lipinski definition) is 2. The van der Waals surface area contributed by atoms with Crippen molar-refractivity contribution in [1.82, 2.24) is 0 Å². The Balaban J connectivity index is 2.30. The number of carbonyl (C=O) groups is 1. The van der Waals surface area contributed by atoms with E-state index in [9.17, 15) is 10.1 Å². The van der Waals surface area contributed by atoms with Gasteiger partial charge in [-0.05, 0) is 47.9 Å². The molecule has 2 rings (SSSR count). The predicted octanol–water partition coefficient (Wildman–Crippen LogP) is 5.70. The van der Waals surface area contributed by atoms with Crippen molar-refractivity contribution >= 4 is 17.3 Å². The van der Waals surface area contributed by atoms with Gasteiger partial charge in [-0.1, -0.05) is 64.1 Å². The molecule has 4 heteroatoms. The van der Waals surface area contributed by atoms with Crippen molar-refractivity contribution in [3.05, 3.63) is 70.4 Å². The maximum absolute atomic E-state index is 12.8. The summed E-state index contributed by atoms with van der Waals surface area (Å²) in [6, 6.07) is 14.1. The summed E-state index contributed by atoms with van der Waals surface area (Å²) in [4.78, 5) is 12.8. The monoisotopic (exact) mass is 375 g/mol. The average molecular weight is 376 g/mol. The number of rotatable bonds is 7. The number of hydrogen-bond acceptors (Lipinski definition) is 3. The lowest BCUT2D eigenvalue weighted by molar-refractivity contribution is -0.112. The molecule has 0 aliphatic carbocycles. The quantitative estimate of drug-likeness (QED) is 0.482. The number of carbonyl (C=O) groups excluding carboxylic acids is 1. The van der Waals surface area contributed by atoms with E-state index in [0.717, 1.165) is 46.5 Å². The number of nitriles is 1. The highest BCUT2D eigenvalue weighted by Gasteiger charge is 2.15. The van der Waals surface area contributed by atoms with E-state index >= 15 is 0 Å². The Labute approximate surface area is 168 Å². The lowest BCUT2D eigenvalue weighted by Gasteiger charge is -2.16. The average Bonchev–Trinajstić information content (AvgIpc) is 2.69. The largest absolute Gasteiger partial charge is 0.360 e. The first-order valence-corrected chi connectivity index (χ1v) is 9.81. The molecule has 28 heavy (non-hydrogen) atoms. The van der Waals surface area contributed by atoms with Crippen LogP contribution in [0.1, 0.15) is 55.9 Å². The first-order valence-electron chi connectivity index (χ1n) is 9.81. The third-order valence-corrected chi connectivity index (χ3v) is 4.89. The van der Waals surface area contributed by atoms with E-state index in [4.69, 9.17) is 0 Å². The Kier molecular flexibility index (Phi) is 7.40. The smallest absolute Gasteiger partial charge is 0.267 e. The topological polar surface area (TPSA) is 64.9 Å². The molecule has 146 valence electrons. The summed E-state index contributed by atoms with van der Waals surface area (Å²) in [6.45, 7) is 10.3. The Morgan fingerprint density at radius 2 is 1.68 bits per heavy atom. The molecule has 2 N–H and O–H groups in total. The normalized spacial score (nSPS) is 11.2. The second-order valence-corrected chi connectivity index (χ2v) is 7.12. The van der Waals surface area contributed by atoms with Gasteiger partial charge in [-0.3, -0.25) is 4.79 Å². The second kappa shape index (κ2) is 9.75. The molecule has 1 amide bonds. The zero-order chi connectivity index (χ0) is 20.7. The number of nitrogens with one attached hydrogen (secondary N) is 2. The van der Waals surface area contributed by atoms with Crippen LogP contribution in [0.2, 0.25) is 0 Å². The summed E-state index contributed by atoms with van der Waals surface area (Å²) in [5.74, 6) is -0.135. The lowest BCUT2D eigenvalue weighted by Crippen LogP contribution is -2.17. The lowest BCUT2D eigenvalue weighted by atomic mass is 9.98. The summed E-state index contributed by atoms with van der Waals surface area (Å²) in [7, 11) is 0. The molecule has 0 saturated carbocycles. The fourth-order valence-electron chi connectivity index (χ4n) is 3.24. The van der Waals surface area contributed by atoms with Gasteiger partial charge >= 0.3 is 0 Å². The molecule has 0 aliphatic heterocycles. The highest BCUT2D eigenvalue weighted by atomic mass is 16.1. The van der Waals surface area contributed by atoms with Crippen molar-refractivity contribution in [2.24, 2.45) is 0 Å².